The van der Waals surface area contributed by atoms with Gasteiger partial charge in [0.05, 0.1) is 0 Å². The Morgan fingerprint density at radius 2 is 1.86 bits per heavy atom. The van der Waals surface area contributed by atoms with E-state index in [0.717, 1.165) is 5.02 Å². The van der Waals surface area contributed by atoms with E-state index in [9.17, 15) is 0 Å². The van der Waals surface area contributed by atoms with E-state index in [-0.39, 0.29) is 0 Å². The number of rotatable bonds is 4. The van der Waals surface area contributed by atoms with Crippen LogP contribution in [0, 0.1) is 0 Å². The molecule has 0 aliphatic heterocycles. The molecule has 0 amide bonds. The Morgan fingerprint density at radius 3 is 2.52 bits per heavy atom. The smallest absolute Gasteiger partial charge is 0.0406 e. The zero-order chi connectivity index (χ0) is 14.8. The van der Waals surface area contributed by atoms with Crippen molar-refractivity contribution in [2.45, 2.75) is 37.8 Å². The molecular weight excluding hydrogens is 346 g/mol. The van der Waals surface area contributed by atoms with Gasteiger partial charge in [-0.1, -0.05) is 51.8 Å². The highest BCUT2D eigenvalue weighted by Gasteiger charge is 2.31. The zero-order valence-electron chi connectivity index (χ0n) is 12.0. The van der Waals surface area contributed by atoms with E-state index >= 15 is 0 Å². The largest absolute Gasteiger partial charge is 0.307 e. The van der Waals surface area contributed by atoms with Gasteiger partial charge in [0.1, 0.15) is 0 Å². The van der Waals surface area contributed by atoms with Crippen molar-refractivity contribution in [2.24, 2.45) is 0 Å². The van der Waals surface area contributed by atoms with Gasteiger partial charge in [-0.15, -0.1) is 0 Å². The maximum atomic E-state index is 5.94. The van der Waals surface area contributed by atoms with Crippen LogP contribution in [0.4, 0.5) is 0 Å². The fraction of sp³-hybridized carbons (Fsp3) is 0.333. The average molecular weight is 365 g/mol. The molecule has 1 nitrogen and oxygen atoms in total. The van der Waals surface area contributed by atoms with E-state index in [0.29, 0.717) is 18.0 Å². The fourth-order valence-corrected chi connectivity index (χ4v) is 3.53. The van der Waals surface area contributed by atoms with Crippen LogP contribution in [0.2, 0.25) is 5.02 Å². The van der Waals surface area contributed by atoms with Crippen LogP contribution in [0.1, 0.15) is 42.9 Å². The van der Waals surface area contributed by atoms with Crippen molar-refractivity contribution in [2.75, 3.05) is 0 Å². The summed E-state index contributed by atoms with van der Waals surface area (Å²) in [5, 5.41) is 4.51. The van der Waals surface area contributed by atoms with Crippen LogP contribution in [0.15, 0.2) is 53.0 Å². The number of hydrogen-bond acceptors (Lipinski definition) is 1. The summed E-state index contributed by atoms with van der Waals surface area (Å²) in [5.41, 5.74) is 2.74. The lowest BCUT2D eigenvalue weighted by molar-refractivity contribution is 0.271. The SMILES string of the molecule is C[C@H](NC1CC(c2cccc(Br)c2)C1)c1ccc(Cl)cc1. The number of halogens is 2. The molecule has 0 heterocycles. The molecule has 1 saturated carbocycles. The van der Waals surface area contributed by atoms with Crippen LogP contribution < -0.4 is 5.32 Å². The molecule has 0 radical (unpaired) electrons. The minimum absolute atomic E-state index is 0.371. The van der Waals surface area contributed by atoms with E-state index in [1.165, 1.54) is 28.4 Å². The predicted octanol–water partition coefficient (Wildman–Crippen LogP) is 5.70. The molecule has 0 bridgehead atoms. The van der Waals surface area contributed by atoms with Crippen molar-refractivity contribution in [1.82, 2.24) is 5.32 Å². The standard InChI is InChI=1S/C18H19BrClN/c1-12(13-5-7-17(20)8-6-13)21-18-10-15(11-18)14-3-2-4-16(19)9-14/h2-9,12,15,18,21H,10-11H2,1H3/t12-,15?,18?/m0/s1. The number of benzene rings is 2. The Balaban J connectivity index is 1.54. The van der Waals surface area contributed by atoms with Crippen molar-refractivity contribution < 1.29 is 0 Å². The molecular formula is C18H19BrClN. The molecule has 110 valence electrons. The van der Waals surface area contributed by atoms with Gasteiger partial charge in [0, 0.05) is 21.6 Å². The molecule has 1 atom stereocenters. The minimum atomic E-state index is 0.371. The van der Waals surface area contributed by atoms with Crippen molar-refractivity contribution >= 4 is 27.5 Å². The highest BCUT2D eigenvalue weighted by molar-refractivity contribution is 9.10. The molecule has 2 aromatic carbocycles. The highest BCUT2D eigenvalue weighted by Crippen LogP contribution is 2.38. The summed E-state index contributed by atoms with van der Waals surface area (Å²) < 4.78 is 1.17. The second-order valence-electron chi connectivity index (χ2n) is 5.86. The van der Waals surface area contributed by atoms with Crippen molar-refractivity contribution in [1.29, 1.82) is 0 Å². The maximum absolute atomic E-state index is 5.94. The van der Waals surface area contributed by atoms with Gasteiger partial charge in [-0.25, -0.2) is 0 Å². The third-order valence-electron chi connectivity index (χ3n) is 4.31. The topological polar surface area (TPSA) is 12.0 Å². The van der Waals surface area contributed by atoms with Crippen molar-refractivity contribution in [3.8, 4) is 0 Å². The quantitative estimate of drug-likeness (QED) is 0.734. The second kappa shape index (κ2) is 6.51. The Bertz CT molecular complexity index is 605. The molecule has 0 spiro atoms. The summed E-state index contributed by atoms with van der Waals surface area (Å²) in [7, 11) is 0. The molecule has 1 N–H and O–H groups in total. The lowest BCUT2D eigenvalue weighted by Crippen LogP contribution is -2.41. The van der Waals surface area contributed by atoms with Crippen molar-refractivity contribution in [3.05, 3.63) is 69.2 Å². The number of nitrogens with one attached hydrogen (secondary N) is 1. The van der Waals surface area contributed by atoms with Crippen LogP contribution in [0.3, 0.4) is 0 Å². The summed E-state index contributed by atoms with van der Waals surface area (Å²) in [6.45, 7) is 2.22. The van der Waals surface area contributed by atoms with Crippen LogP contribution >= 0.6 is 27.5 Å². The first-order valence-corrected chi connectivity index (χ1v) is 8.56. The summed E-state index contributed by atoms with van der Waals surface area (Å²) in [5.74, 6) is 0.692. The zero-order valence-corrected chi connectivity index (χ0v) is 14.4. The third kappa shape index (κ3) is 3.68. The van der Waals surface area contributed by atoms with Gasteiger partial charge in [-0.05, 0) is 61.1 Å². The summed E-state index contributed by atoms with van der Waals surface area (Å²) in [6, 6.07) is 17.8. The molecule has 0 aromatic heterocycles. The molecule has 3 rings (SSSR count). The van der Waals surface area contributed by atoms with Gasteiger partial charge in [0.2, 0.25) is 0 Å². The van der Waals surface area contributed by atoms with Gasteiger partial charge in [0.25, 0.3) is 0 Å². The highest BCUT2D eigenvalue weighted by atomic mass is 79.9. The predicted molar refractivity (Wildman–Crippen MR) is 92.9 cm³/mol. The normalized spacial score (nSPS) is 22.6. The third-order valence-corrected chi connectivity index (χ3v) is 5.06. The first-order chi connectivity index (χ1) is 10.1. The van der Waals surface area contributed by atoms with E-state index < -0.39 is 0 Å². The maximum Gasteiger partial charge on any atom is 0.0406 e. The van der Waals surface area contributed by atoms with Gasteiger partial charge >= 0.3 is 0 Å². The van der Waals surface area contributed by atoms with Gasteiger partial charge in [0.15, 0.2) is 0 Å². The monoisotopic (exact) mass is 363 g/mol. The van der Waals surface area contributed by atoms with Crippen LogP contribution in [0.5, 0.6) is 0 Å². The lowest BCUT2D eigenvalue weighted by atomic mass is 9.75. The van der Waals surface area contributed by atoms with E-state index in [4.69, 9.17) is 11.6 Å². The molecule has 1 aliphatic carbocycles. The Labute approximate surface area is 139 Å². The Morgan fingerprint density at radius 1 is 1.14 bits per heavy atom. The van der Waals surface area contributed by atoms with E-state index in [1.54, 1.807) is 0 Å². The molecule has 1 aliphatic rings. The average Bonchev–Trinajstić information content (AvgIpc) is 2.43. The number of hydrogen-bond donors (Lipinski definition) is 1. The molecule has 21 heavy (non-hydrogen) atoms. The van der Waals surface area contributed by atoms with Gasteiger partial charge in [-0.2, -0.15) is 0 Å². The Hall–Kier alpha value is -0.830. The summed E-state index contributed by atoms with van der Waals surface area (Å²) in [6.07, 6.45) is 2.43. The van der Waals surface area contributed by atoms with Gasteiger partial charge < -0.3 is 5.32 Å². The molecule has 3 heteroatoms. The van der Waals surface area contributed by atoms with E-state index in [1.807, 2.05) is 12.1 Å². The summed E-state index contributed by atoms with van der Waals surface area (Å²) in [4.78, 5) is 0. The molecule has 0 unspecified atom stereocenters. The van der Waals surface area contributed by atoms with Crippen LogP contribution in [0.25, 0.3) is 0 Å². The minimum Gasteiger partial charge on any atom is -0.307 e. The van der Waals surface area contributed by atoms with Crippen molar-refractivity contribution in [3.63, 3.8) is 0 Å². The molecule has 2 aromatic rings. The summed E-state index contributed by atoms with van der Waals surface area (Å²) >= 11 is 9.49. The Kier molecular flexibility index (Phi) is 4.68. The first-order valence-electron chi connectivity index (χ1n) is 7.39. The van der Waals surface area contributed by atoms with Crippen LogP contribution in [-0.4, -0.2) is 6.04 Å². The first kappa shape index (κ1) is 15.1. The van der Waals surface area contributed by atoms with Crippen LogP contribution in [-0.2, 0) is 0 Å². The lowest BCUT2D eigenvalue weighted by Gasteiger charge is -2.38. The second-order valence-corrected chi connectivity index (χ2v) is 7.21. The van der Waals surface area contributed by atoms with Gasteiger partial charge in [-0.3, -0.25) is 0 Å². The fourth-order valence-electron chi connectivity index (χ4n) is 2.99. The molecule has 0 saturated heterocycles. The van der Waals surface area contributed by atoms with E-state index in [2.05, 4.69) is 64.6 Å². The molecule has 1 fully saturated rings.